The van der Waals surface area contributed by atoms with Crippen molar-refractivity contribution in [3.63, 3.8) is 0 Å². The molecule has 0 aliphatic carbocycles. The van der Waals surface area contributed by atoms with Gasteiger partial charge in [0, 0.05) is 11.5 Å². The van der Waals surface area contributed by atoms with Crippen molar-refractivity contribution in [2.45, 2.75) is 6.92 Å². The molecule has 0 aromatic heterocycles. The molecule has 0 saturated heterocycles. The fraction of sp³-hybridized carbons (Fsp3) is 0.222. The number of benzene rings is 1. The van der Waals surface area contributed by atoms with Crippen molar-refractivity contribution in [1.82, 2.24) is 5.43 Å². The Bertz CT molecular complexity index is 349. The van der Waals surface area contributed by atoms with Crippen molar-refractivity contribution in [3.8, 4) is 0 Å². The van der Waals surface area contributed by atoms with Crippen LogP contribution >= 0.6 is 15.9 Å². The number of halogens is 1. The Morgan fingerprint density at radius 3 is 2.71 bits per heavy atom. The number of aliphatic imine (C=N–C) groups is 1. The minimum Gasteiger partial charge on any atom is -0.324 e. The summed E-state index contributed by atoms with van der Waals surface area (Å²) in [5.74, 6) is 5.78. The molecular weight excluding hydrogens is 244 g/mol. The van der Waals surface area contributed by atoms with Gasteiger partial charge in [-0.05, 0) is 40.5 Å². The predicted octanol–water partition coefficient (Wildman–Crippen LogP) is 1.62. The molecule has 4 nitrogen and oxygen atoms in total. The molecule has 0 radical (unpaired) electrons. The first-order chi connectivity index (χ1) is 6.67. The van der Waals surface area contributed by atoms with E-state index in [9.17, 15) is 0 Å². The van der Waals surface area contributed by atoms with Gasteiger partial charge in [-0.15, -0.1) is 0 Å². The van der Waals surface area contributed by atoms with Gasteiger partial charge in [-0.3, -0.25) is 10.4 Å². The molecule has 14 heavy (non-hydrogen) atoms. The molecule has 0 saturated carbocycles. The van der Waals surface area contributed by atoms with Gasteiger partial charge < -0.3 is 5.32 Å². The van der Waals surface area contributed by atoms with Gasteiger partial charge in [-0.1, -0.05) is 6.07 Å². The van der Waals surface area contributed by atoms with Gasteiger partial charge in [0.15, 0.2) is 0 Å². The third kappa shape index (κ3) is 2.71. The second-order valence-electron chi connectivity index (χ2n) is 2.82. The summed E-state index contributed by atoms with van der Waals surface area (Å²) in [6.45, 7) is 2.03. The van der Waals surface area contributed by atoms with Crippen LogP contribution in [0.4, 0.5) is 5.69 Å². The summed E-state index contributed by atoms with van der Waals surface area (Å²) in [6.07, 6.45) is 0. The number of nitrogens with one attached hydrogen (secondary N) is 2. The molecule has 4 N–H and O–H groups in total. The van der Waals surface area contributed by atoms with Crippen molar-refractivity contribution in [2.24, 2.45) is 10.8 Å². The summed E-state index contributed by atoms with van der Waals surface area (Å²) in [4.78, 5) is 3.91. The molecule has 1 aromatic rings. The second kappa shape index (κ2) is 4.97. The lowest BCUT2D eigenvalue weighted by molar-refractivity contribution is 1.01. The van der Waals surface area contributed by atoms with Crippen LogP contribution < -0.4 is 16.6 Å². The molecule has 0 spiro atoms. The summed E-state index contributed by atoms with van der Waals surface area (Å²) in [7, 11) is 1.66. The lowest BCUT2D eigenvalue weighted by atomic mass is 10.2. The second-order valence-corrected chi connectivity index (χ2v) is 3.68. The molecule has 0 fully saturated rings. The Hall–Kier alpha value is -1.07. The average molecular weight is 257 g/mol. The molecule has 1 rings (SSSR count). The van der Waals surface area contributed by atoms with Crippen LogP contribution in [0.25, 0.3) is 0 Å². The van der Waals surface area contributed by atoms with Gasteiger partial charge in [-0.25, -0.2) is 5.84 Å². The zero-order valence-corrected chi connectivity index (χ0v) is 9.72. The molecular formula is C9H13BrN4. The lowest BCUT2D eigenvalue weighted by Gasteiger charge is -2.10. The molecule has 0 atom stereocenters. The lowest BCUT2D eigenvalue weighted by Crippen LogP contribution is -2.36. The Morgan fingerprint density at radius 1 is 1.50 bits per heavy atom. The van der Waals surface area contributed by atoms with Crippen LogP contribution in [0.15, 0.2) is 27.7 Å². The van der Waals surface area contributed by atoms with E-state index >= 15 is 0 Å². The fourth-order valence-corrected chi connectivity index (χ4v) is 1.60. The molecule has 0 unspecified atom stereocenters. The van der Waals surface area contributed by atoms with E-state index in [2.05, 4.69) is 31.7 Å². The molecule has 0 aliphatic heterocycles. The van der Waals surface area contributed by atoms with Gasteiger partial charge in [0.05, 0.1) is 5.69 Å². The molecule has 0 bridgehead atoms. The smallest absolute Gasteiger partial charge is 0.210 e. The van der Waals surface area contributed by atoms with Crippen molar-refractivity contribution >= 4 is 27.6 Å². The SMILES string of the molecule is CN=C(NN)Nc1ccc(C)cc1Br. The highest BCUT2D eigenvalue weighted by atomic mass is 79.9. The van der Waals surface area contributed by atoms with Gasteiger partial charge in [0.1, 0.15) is 0 Å². The fourth-order valence-electron chi connectivity index (χ4n) is 1.01. The number of rotatable bonds is 1. The van der Waals surface area contributed by atoms with Gasteiger partial charge in [-0.2, -0.15) is 0 Å². The van der Waals surface area contributed by atoms with Gasteiger partial charge >= 0.3 is 0 Å². The minimum atomic E-state index is 0.523. The van der Waals surface area contributed by atoms with Crippen LogP contribution in [-0.4, -0.2) is 13.0 Å². The highest BCUT2D eigenvalue weighted by Gasteiger charge is 2.01. The van der Waals surface area contributed by atoms with E-state index in [1.54, 1.807) is 7.05 Å². The standard InChI is InChI=1S/C9H13BrN4/c1-6-3-4-8(7(10)5-6)13-9(12-2)14-11/h3-5H,11H2,1-2H3,(H2,12,13,14). The van der Waals surface area contributed by atoms with Crippen LogP contribution in [0.3, 0.4) is 0 Å². The summed E-state index contributed by atoms with van der Waals surface area (Å²) < 4.78 is 0.980. The number of nitrogens with two attached hydrogens (primary N) is 1. The number of nitrogens with zero attached hydrogens (tertiary/aromatic N) is 1. The zero-order valence-electron chi connectivity index (χ0n) is 8.13. The normalized spacial score (nSPS) is 11.3. The summed E-state index contributed by atoms with van der Waals surface area (Å²) >= 11 is 3.45. The summed E-state index contributed by atoms with van der Waals surface area (Å²) in [6, 6.07) is 5.99. The average Bonchev–Trinajstić information content (AvgIpc) is 2.17. The monoisotopic (exact) mass is 256 g/mol. The van der Waals surface area contributed by atoms with Crippen LogP contribution in [0.2, 0.25) is 0 Å². The van der Waals surface area contributed by atoms with E-state index in [1.165, 1.54) is 5.56 Å². The third-order valence-corrected chi connectivity index (χ3v) is 2.39. The van der Waals surface area contributed by atoms with E-state index in [0.29, 0.717) is 5.96 Å². The highest BCUT2D eigenvalue weighted by Crippen LogP contribution is 2.22. The first-order valence-corrected chi connectivity index (χ1v) is 4.93. The van der Waals surface area contributed by atoms with Crippen LogP contribution in [0, 0.1) is 6.92 Å². The zero-order chi connectivity index (χ0) is 10.6. The number of hydrogen-bond donors (Lipinski definition) is 3. The molecule has 0 heterocycles. The largest absolute Gasteiger partial charge is 0.324 e. The highest BCUT2D eigenvalue weighted by molar-refractivity contribution is 9.10. The molecule has 76 valence electrons. The Balaban J connectivity index is 2.87. The number of anilines is 1. The van der Waals surface area contributed by atoms with Crippen molar-refractivity contribution < 1.29 is 0 Å². The number of hydrazine groups is 1. The van der Waals surface area contributed by atoms with E-state index < -0.39 is 0 Å². The summed E-state index contributed by atoms with van der Waals surface area (Å²) in [5, 5.41) is 3.04. The Labute approximate surface area is 91.7 Å². The topological polar surface area (TPSA) is 62.4 Å². The number of hydrogen-bond acceptors (Lipinski definition) is 2. The van der Waals surface area contributed by atoms with Crippen LogP contribution in [-0.2, 0) is 0 Å². The van der Waals surface area contributed by atoms with E-state index in [-0.39, 0.29) is 0 Å². The van der Waals surface area contributed by atoms with Crippen LogP contribution in [0.5, 0.6) is 0 Å². The van der Waals surface area contributed by atoms with E-state index in [0.717, 1.165) is 10.2 Å². The van der Waals surface area contributed by atoms with Crippen molar-refractivity contribution in [1.29, 1.82) is 0 Å². The first kappa shape index (κ1) is 11.0. The van der Waals surface area contributed by atoms with E-state index in [4.69, 9.17) is 5.84 Å². The quantitative estimate of drug-likeness (QED) is 0.310. The number of aryl methyl sites for hydroxylation is 1. The Kier molecular flexibility index (Phi) is 3.91. The maximum atomic E-state index is 5.25. The minimum absolute atomic E-state index is 0.523. The van der Waals surface area contributed by atoms with Crippen LogP contribution in [0.1, 0.15) is 5.56 Å². The molecule has 0 amide bonds. The number of guanidine groups is 1. The first-order valence-electron chi connectivity index (χ1n) is 4.14. The molecule has 0 aliphatic rings. The van der Waals surface area contributed by atoms with Gasteiger partial charge in [0.2, 0.25) is 5.96 Å². The maximum Gasteiger partial charge on any atom is 0.210 e. The van der Waals surface area contributed by atoms with Gasteiger partial charge in [0.25, 0.3) is 0 Å². The molecule has 1 aromatic carbocycles. The third-order valence-electron chi connectivity index (χ3n) is 1.74. The summed E-state index contributed by atoms with van der Waals surface area (Å²) in [5.41, 5.74) is 4.58. The molecule has 5 heteroatoms. The van der Waals surface area contributed by atoms with Crippen molar-refractivity contribution in [2.75, 3.05) is 12.4 Å². The maximum absolute atomic E-state index is 5.25. The van der Waals surface area contributed by atoms with E-state index in [1.807, 2.05) is 25.1 Å². The van der Waals surface area contributed by atoms with Crippen molar-refractivity contribution in [3.05, 3.63) is 28.2 Å². The Morgan fingerprint density at radius 2 is 2.21 bits per heavy atom. The predicted molar refractivity (Wildman–Crippen MR) is 63.2 cm³/mol.